The van der Waals surface area contributed by atoms with Crippen molar-refractivity contribution in [2.24, 2.45) is 5.92 Å². The van der Waals surface area contributed by atoms with Gasteiger partial charge in [-0.05, 0) is 25.7 Å². The minimum absolute atomic E-state index is 0.0237. The molecule has 0 aromatic carbocycles. The molecule has 1 amide bonds. The maximum Gasteiger partial charge on any atom is 0.228 e. The Labute approximate surface area is 146 Å². The van der Waals surface area contributed by atoms with Crippen LogP contribution in [0.1, 0.15) is 43.4 Å². The fourth-order valence-corrected chi connectivity index (χ4v) is 3.83. The minimum atomic E-state index is -0.0585. The molecule has 4 heterocycles. The second kappa shape index (κ2) is 6.78. The summed E-state index contributed by atoms with van der Waals surface area (Å²) in [6.07, 6.45) is 8.87. The van der Waals surface area contributed by atoms with Crippen LogP contribution in [0.5, 0.6) is 0 Å². The van der Waals surface area contributed by atoms with E-state index in [0.717, 1.165) is 44.6 Å². The van der Waals surface area contributed by atoms with E-state index in [-0.39, 0.29) is 17.9 Å². The molecule has 2 aliphatic heterocycles. The number of piperidine rings is 1. The maximum absolute atomic E-state index is 13.1. The van der Waals surface area contributed by atoms with Crippen LogP contribution in [0, 0.1) is 12.8 Å². The number of rotatable bonds is 3. The molecule has 2 saturated heterocycles. The van der Waals surface area contributed by atoms with E-state index in [1.165, 1.54) is 0 Å². The number of carbonyl (C=O) groups is 1. The van der Waals surface area contributed by atoms with Crippen molar-refractivity contribution in [2.75, 3.05) is 24.5 Å². The van der Waals surface area contributed by atoms with Crippen LogP contribution in [0.4, 0.5) is 5.82 Å². The highest BCUT2D eigenvalue weighted by Gasteiger charge is 2.37. The van der Waals surface area contributed by atoms with Gasteiger partial charge in [-0.2, -0.15) is 4.98 Å². The number of aromatic nitrogens is 4. The van der Waals surface area contributed by atoms with Gasteiger partial charge in [-0.1, -0.05) is 5.16 Å². The first-order valence-electron chi connectivity index (χ1n) is 8.84. The molecular formula is C17H22N6O2. The average Bonchev–Trinajstić information content (AvgIpc) is 3.30. The number of amides is 1. The van der Waals surface area contributed by atoms with Gasteiger partial charge >= 0.3 is 0 Å². The van der Waals surface area contributed by atoms with Gasteiger partial charge in [-0.3, -0.25) is 9.78 Å². The molecule has 2 aromatic rings. The molecule has 8 nitrogen and oxygen atoms in total. The van der Waals surface area contributed by atoms with Crippen molar-refractivity contribution in [3.8, 4) is 0 Å². The Morgan fingerprint density at radius 1 is 1.24 bits per heavy atom. The van der Waals surface area contributed by atoms with Gasteiger partial charge in [0, 0.05) is 39.0 Å². The van der Waals surface area contributed by atoms with Gasteiger partial charge in [0.25, 0.3) is 0 Å². The van der Waals surface area contributed by atoms with Gasteiger partial charge in [0.15, 0.2) is 5.82 Å². The fraction of sp³-hybridized carbons (Fsp3) is 0.588. The van der Waals surface area contributed by atoms with Crippen molar-refractivity contribution >= 4 is 11.7 Å². The molecule has 0 unspecified atom stereocenters. The van der Waals surface area contributed by atoms with Gasteiger partial charge < -0.3 is 14.3 Å². The molecule has 2 fully saturated rings. The molecule has 8 heteroatoms. The monoisotopic (exact) mass is 342 g/mol. The summed E-state index contributed by atoms with van der Waals surface area (Å²) in [5.41, 5.74) is 0. The highest BCUT2D eigenvalue weighted by molar-refractivity contribution is 5.80. The lowest BCUT2D eigenvalue weighted by molar-refractivity contribution is -0.137. The standard InChI is InChI=1S/C17H22N6O2/c1-12-20-16(21-25-12)14-5-3-9-23(14)17(24)13-4-2-8-22(11-13)15-10-18-6-7-19-15/h6-7,10,13-14H,2-5,8-9,11H2,1H3/t13-,14+/m1/s1. The number of aryl methyl sites for hydroxylation is 1. The van der Waals surface area contributed by atoms with E-state index in [1.807, 2.05) is 4.90 Å². The molecule has 0 aliphatic carbocycles. The molecule has 2 atom stereocenters. The zero-order valence-corrected chi connectivity index (χ0v) is 14.3. The number of nitrogens with zero attached hydrogens (tertiary/aromatic N) is 6. The maximum atomic E-state index is 13.1. The van der Waals surface area contributed by atoms with Crippen LogP contribution >= 0.6 is 0 Å². The number of carbonyl (C=O) groups excluding carboxylic acids is 1. The van der Waals surface area contributed by atoms with Crippen LogP contribution in [0.2, 0.25) is 0 Å². The summed E-state index contributed by atoms with van der Waals surface area (Å²) >= 11 is 0. The van der Waals surface area contributed by atoms with Crippen molar-refractivity contribution in [3.05, 3.63) is 30.3 Å². The molecule has 4 rings (SSSR count). The number of hydrogen-bond acceptors (Lipinski definition) is 7. The predicted octanol–water partition coefficient (Wildman–Crippen LogP) is 1.75. The molecule has 132 valence electrons. The Morgan fingerprint density at radius 3 is 2.88 bits per heavy atom. The average molecular weight is 342 g/mol. The molecule has 0 bridgehead atoms. The third kappa shape index (κ3) is 3.20. The third-order valence-electron chi connectivity index (χ3n) is 5.02. The summed E-state index contributed by atoms with van der Waals surface area (Å²) in [5, 5.41) is 4.03. The molecule has 25 heavy (non-hydrogen) atoms. The van der Waals surface area contributed by atoms with Crippen LogP contribution in [0.3, 0.4) is 0 Å². The lowest BCUT2D eigenvalue weighted by Crippen LogP contribution is -2.45. The van der Waals surface area contributed by atoms with Gasteiger partial charge in [0.1, 0.15) is 5.82 Å². The van der Waals surface area contributed by atoms with E-state index in [0.29, 0.717) is 18.3 Å². The van der Waals surface area contributed by atoms with Gasteiger partial charge in [-0.15, -0.1) is 0 Å². The molecule has 0 spiro atoms. The molecule has 0 radical (unpaired) electrons. The van der Waals surface area contributed by atoms with Crippen LogP contribution in [-0.2, 0) is 4.79 Å². The normalized spacial score (nSPS) is 23.9. The second-order valence-corrected chi connectivity index (χ2v) is 6.71. The first-order valence-corrected chi connectivity index (χ1v) is 8.84. The van der Waals surface area contributed by atoms with Crippen LogP contribution in [0.15, 0.2) is 23.1 Å². The number of anilines is 1. The summed E-state index contributed by atoms with van der Waals surface area (Å²) in [5.74, 6) is 2.18. The van der Waals surface area contributed by atoms with E-state index in [4.69, 9.17) is 4.52 Å². The van der Waals surface area contributed by atoms with Crippen molar-refractivity contribution in [1.82, 2.24) is 25.0 Å². The van der Waals surface area contributed by atoms with Crippen LogP contribution < -0.4 is 4.90 Å². The van der Waals surface area contributed by atoms with Crippen LogP contribution in [-0.4, -0.2) is 50.5 Å². The van der Waals surface area contributed by atoms with Crippen molar-refractivity contribution in [1.29, 1.82) is 0 Å². The van der Waals surface area contributed by atoms with E-state index < -0.39 is 0 Å². The molecule has 0 saturated carbocycles. The first-order chi connectivity index (χ1) is 12.2. The molecule has 0 N–H and O–H groups in total. The van der Waals surface area contributed by atoms with Crippen LogP contribution in [0.25, 0.3) is 0 Å². The SMILES string of the molecule is Cc1nc([C@@H]2CCCN2C(=O)[C@@H]2CCCN(c3cnccn3)C2)no1. The fourth-order valence-electron chi connectivity index (χ4n) is 3.83. The number of hydrogen-bond donors (Lipinski definition) is 0. The van der Waals surface area contributed by atoms with E-state index in [2.05, 4.69) is 25.0 Å². The predicted molar refractivity (Wildman–Crippen MR) is 89.7 cm³/mol. The summed E-state index contributed by atoms with van der Waals surface area (Å²) in [7, 11) is 0. The topological polar surface area (TPSA) is 88.3 Å². The summed E-state index contributed by atoms with van der Waals surface area (Å²) in [6.45, 7) is 4.14. The quantitative estimate of drug-likeness (QED) is 0.839. The molecular weight excluding hydrogens is 320 g/mol. The zero-order valence-electron chi connectivity index (χ0n) is 14.3. The van der Waals surface area contributed by atoms with E-state index >= 15 is 0 Å². The minimum Gasteiger partial charge on any atom is -0.355 e. The van der Waals surface area contributed by atoms with Crippen molar-refractivity contribution in [3.63, 3.8) is 0 Å². The van der Waals surface area contributed by atoms with E-state index in [9.17, 15) is 4.79 Å². The Morgan fingerprint density at radius 2 is 2.12 bits per heavy atom. The van der Waals surface area contributed by atoms with Gasteiger partial charge in [0.05, 0.1) is 18.2 Å². The zero-order chi connectivity index (χ0) is 17.2. The highest BCUT2D eigenvalue weighted by Crippen LogP contribution is 2.33. The lowest BCUT2D eigenvalue weighted by atomic mass is 9.96. The molecule has 2 aliphatic rings. The first kappa shape index (κ1) is 16.0. The lowest BCUT2D eigenvalue weighted by Gasteiger charge is -2.35. The Balaban J connectivity index is 1.48. The van der Waals surface area contributed by atoms with Gasteiger partial charge in [-0.25, -0.2) is 4.98 Å². The Kier molecular flexibility index (Phi) is 4.33. The summed E-state index contributed by atoms with van der Waals surface area (Å²) in [4.78, 5) is 30.1. The molecule has 2 aromatic heterocycles. The smallest absolute Gasteiger partial charge is 0.228 e. The summed E-state index contributed by atoms with van der Waals surface area (Å²) < 4.78 is 5.10. The summed E-state index contributed by atoms with van der Waals surface area (Å²) in [6, 6.07) is -0.0585. The Bertz CT molecular complexity index is 734. The van der Waals surface area contributed by atoms with Gasteiger partial charge in [0.2, 0.25) is 11.8 Å². The number of likely N-dealkylation sites (tertiary alicyclic amines) is 1. The second-order valence-electron chi connectivity index (χ2n) is 6.71. The van der Waals surface area contributed by atoms with E-state index in [1.54, 1.807) is 25.5 Å². The van der Waals surface area contributed by atoms with Crippen molar-refractivity contribution < 1.29 is 9.32 Å². The third-order valence-corrected chi connectivity index (χ3v) is 5.02. The van der Waals surface area contributed by atoms with Crippen molar-refractivity contribution in [2.45, 2.75) is 38.6 Å². The largest absolute Gasteiger partial charge is 0.355 e. The Hall–Kier alpha value is -2.51. The highest BCUT2D eigenvalue weighted by atomic mass is 16.5.